The van der Waals surface area contributed by atoms with Crippen molar-refractivity contribution in [2.24, 2.45) is 5.73 Å². The molecule has 1 aromatic heterocycles. The van der Waals surface area contributed by atoms with Crippen molar-refractivity contribution in [1.29, 1.82) is 0 Å². The monoisotopic (exact) mass is 392 g/mol. The number of hydrogen-bond donors (Lipinski definition) is 3. The molecular weight excluding hydrogens is 372 g/mol. The molecule has 1 aliphatic heterocycles. The lowest BCUT2D eigenvalue weighted by Crippen LogP contribution is -2.45. The maximum absolute atomic E-state index is 12.6. The number of nitrogens with two attached hydrogens (primary N) is 1. The van der Waals surface area contributed by atoms with Crippen LogP contribution in [0.5, 0.6) is 0 Å². The largest absolute Gasteiger partial charge is 0.381 e. The second-order valence-electron chi connectivity index (χ2n) is 6.26. The van der Waals surface area contributed by atoms with Gasteiger partial charge in [0, 0.05) is 35.4 Å². The van der Waals surface area contributed by atoms with Crippen molar-refractivity contribution in [1.82, 2.24) is 10.2 Å². The van der Waals surface area contributed by atoms with E-state index < -0.39 is 5.54 Å². The molecule has 4 N–H and O–H groups in total. The molecule has 1 saturated heterocycles. The van der Waals surface area contributed by atoms with Crippen molar-refractivity contribution in [2.45, 2.75) is 31.2 Å². The average Bonchev–Trinajstić information content (AvgIpc) is 3.04. The van der Waals surface area contributed by atoms with Crippen molar-refractivity contribution in [3.05, 3.63) is 46.1 Å². The zero-order valence-corrected chi connectivity index (χ0v) is 15.1. The maximum atomic E-state index is 12.6. The van der Waals surface area contributed by atoms with Crippen LogP contribution in [0.4, 0.5) is 5.82 Å². The fraction of sp³-hybridized carbons (Fsp3) is 0.412. The van der Waals surface area contributed by atoms with E-state index in [-0.39, 0.29) is 5.91 Å². The Bertz CT molecular complexity index is 706. The zero-order valence-electron chi connectivity index (χ0n) is 13.5. The Labute approximate surface area is 149 Å². The van der Waals surface area contributed by atoms with Gasteiger partial charge in [0.25, 0.3) is 0 Å². The summed E-state index contributed by atoms with van der Waals surface area (Å²) in [5.74, 6) is 0.595. The summed E-state index contributed by atoms with van der Waals surface area (Å²) in [4.78, 5) is 12.6. The van der Waals surface area contributed by atoms with Gasteiger partial charge in [-0.3, -0.25) is 9.89 Å². The topological polar surface area (TPSA) is 93.0 Å². The highest BCUT2D eigenvalue weighted by Crippen LogP contribution is 2.27. The van der Waals surface area contributed by atoms with E-state index in [2.05, 4.69) is 31.4 Å². The lowest BCUT2D eigenvalue weighted by molar-refractivity contribution is -0.120. The van der Waals surface area contributed by atoms with Crippen LogP contribution in [0.25, 0.3) is 0 Å². The molecule has 6 nitrogen and oxygen atoms in total. The predicted octanol–water partition coefficient (Wildman–Crippen LogP) is 2.88. The number of nitrogens with one attached hydrogen (secondary N) is 2. The second-order valence-corrected chi connectivity index (χ2v) is 7.17. The molecule has 1 aromatic carbocycles. The Morgan fingerprint density at radius 1 is 1.38 bits per heavy atom. The molecule has 1 fully saturated rings. The summed E-state index contributed by atoms with van der Waals surface area (Å²) in [5.41, 5.74) is 6.87. The Hall–Kier alpha value is -1.70. The third kappa shape index (κ3) is 3.68. The van der Waals surface area contributed by atoms with Gasteiger partial charge in [0.2, 0.25) is 5.91 Å². The van der Waals surface area contributed by atoms with Gasteiger partial charge in [-0.05, 0) is 37.5 Å². The van der Waals surface area contributed by atoms with Gasteiger partial charge < -0.3 is 15.8 Å². The molecule has 7 heteroatoms. The molecule has 1 atom stereocenters. The number of carbonyl (C=O) groups excluding carboxylic acids is 1. The highest BCUT2D eigenvalue weighted by molar-refractivity contribution is 9.10. The lowest BCUT2D eigenvalue weighted by Gasteiger charge is -2.23. The smallest absolute Gasteiger partial charge is 0.249 e. The van der Waals surface area contributed by atoms with Gasteiger partial charge >= 0.3 is 0 Å². The standard InChI is InChI=1S/C17H21BrN4O2/c1-17(19,12-2-4-13(18)5-3-12)16(23)20-15-10-14(21-22-15)11-6-8-24-9-7-11/h2-5,10-11H,6-9,19H2,1H3,(H2,20,21,22,23). The number of carbonyl (C=O) groups is 1. The van der Waals surface area contributed by atoms with E-state index in [4.69, 9.17) is 10.5 Å². The predicted molar refractivity (Wildman–Crippen MR) is 95.7 cm³/mol. The van der Waals surface area contributed by atoms with Gasteiger partial charge in [-0.15, -0.1) is 0 Å². The number of benzene rings is 1. The summed E-state index contributed by atoms with van der Waals surface area (Å²) >= 11 is 3.38. The lowest BCUT2D eigenvalue weighted by atomic mass is 9.92. The number of rotatable bonds is 4. The normalized spacial score (nSPS) is 18.1. The Balaban J connectivity index is 1.69. The van der Waals surface area contributed by atoms with E-state index in [0.717, 1.165) is 41.8 Å². The molecule has 1 amide bonds. The molecule has 2 heterocycles. The van der Waals surface area contributed by atoms with Crippen LogP contribution >= 0.6 is 15.9 Å². The van der Waals surface area contributed by atoms with Gasteiger partial charge in [-0.1, -0.05) is 28.1 Å². The summed E-state index contributed by atoms with van der Waals surface area (Å²) in [6, 6.07) is 9.28. The van der Waals surface area contributed by atoms with E-state index in [1.165, 1.54) is 0 Å². The third-order valence-corrected chi connectivity index (χ3v) is 4.94. The van der Waals surface area contributed by atoms with Crippen LogP contribution in [0.15, 0.2) is 34.8 Å². The van der Waals surface area contributed by atoms with E-state index in [1.54, 1.807) is 6.92 Å². The summed E-state index contributed by atoms with van der Waals surface area (Å²) in [6.45, 7) is 3.21. The minimum absolute atomic E-state index is 0.296. The highest BCUT2D eigenvalue weighted by Gasteiger charge is 2.31. The number of H-pyrrole nitrogens is 1. The van der Waals surface area contributed by atoms with Crippen molar-refractivity contribution in [3.8, 4) is 0 Å². The van der Waals surface area contributed by atoms with Crippen LogP contribution in [0.3, 0.4) is 0 Å². The zero-order chi connectivity index (χ0) is 17.2. The van der Waals surface area contributed by atoms with Crippen molar-refractivity contribution >= 4 is 27.7 Å². The van der Waals surface area contributed by atoms with Gasteiger partial charge in [0.15, 0.2) is 5.82 Å². The molecule has 0 aliphatic carbocycles. The first kappa shape index (κ1) is 17.1. The van der Waals surface area contributed by atoms with Crippen LogP contribution in [0, 0.1) is 0 Å². The SMILES string of the molecule is CC(N)(C(=O)Nc1cc(C2CCOCC2)[nH]n1)c1ccc(Br)cc1. The van der Waals surface area contributed by atoms with Crippen LogP contribution in [-0.4, -0.2) is 29.3 Å². The molecule has 0 bridgehead atoms. The minimum Gasteiger partial charge on any atom is -0.381 e. The van der Waals surface area contributed by atoms with Crippen molar-refractivity contribution in [2.75, 3.05) is 18.5 Å². The highest BCUT2D eigenvalue weighted by atomic mass is 79.9. The summed E-state index contributed by atoms with van der Waals surface area (Å²) in [7, 11) is 0. The quantitative estimate of drug-likeness (QED) is 0.745. The molecule has 128 valence electrons. The maximum Gasteiger partial charge on any atom is 0.249 e. The fourth-order valence-electron chi connectivity index (χ4n) is 2.79. The summed E-state index contributed by atoms with van der Waals surface area (Å²) < 4.78 is 6.31. The van der Waals surface area contributed by atoms with Gasteiger partial charge in [0.1, 0.15) is 5.54 Å². The van der Waals surface area contributed by atoms with Crippen LogP contribution < -0.4 is 11.1 Å². The molecule has 2 aromatic rings. The van der Waals surface area contributed by atoms with E-state index in [1.807, 2.05) is 30.3 Å². The molecule has 3 rings (SSSR count). The number of aromatic amines is 1. The van der Waals surface area contributed by atoms with Crippen LogP contribution in [-0.2, 0) is 15.1 Å². The number of ether oxygens (including phenoxy) is 1. The van der Waals surface area contributed by atoms with Crippen molar-refractivity contribution in [3.63, 3.8) is 0 Å². The number of hydrogen-bond acceptors (Lipinski definition) is 4. The number of amides is 1. The first-order chi connectivity index (χ1) is 11.5. The second kappa shape index (κ2) is 7.04. The number of halogens is 1. The van der Waals surface area contributed by atoms with Crippen molar-refractivity contribution < 1.29 is 9.53 Å². The fourth-order valence-corrected chi connectivity index (χ4v) is 3.06. The van der Waals surface area contributed by atoms with Gasteiger partial charge in [-0.2, -0.15) is 5.10 Å². The molecule has 1 aliphatic rings. The van der Waals surface area contributed by atoms with Gasteiger partial charge in [0.05, 0.1) is 0 Å². The minimum atomic E-state index is -1.14. The Morgan fingerprint density at radius 3 is 2.71 bits per heavy atom. The van der Waals surface area contributed by atoms with Crippen LogP contribution in [0.2, 0.25) is 0 Å². The van der Waals surface area contributed by atoms with Crippen LogP contribution in [0.1, 0.15) is 36.9 Å². The first-order valence-corrected chi connectivity index (χ1v) is 8.75. The van der Waals surface area contributed by atoms with E-state index in [9.17, 15) is 4.79 Å². The molecule has 0 spiro atoms. The van der Waals surface area contributed by atoms with Gasteiger partial charge in [-0.25, -0.2) is 0 Å². The number of aromatic nitrogens is 2. The van der Waals surface area contributed by atoms with E-state index in [0.29, 0.717) is 11.7 Å². The average molecular weight is 393 g/mol. The molecular formula is C17H21BrN4O2. The van der Waals surface area contributed by atoms with E-state index >= 15 is 0 Å². The summed E-state index contributed by atoms with van der Waals surface area (Å²) in [5, 5.41) is 10.0. The third-order valence-electron chi connectivity index (χ3n) is 4.42. The molecule has 24 heavy (non-hydrogen) atoms. The number of anilines is 1. The Morgan fingerprint density at radius 2 is 2.04 bits per heavy atom. The molecule has 0 saturated carbocycles. The summed E-state index contributed by atoms with van der Waals surface area (Å²) in [6.07, 6.45) is 1.92. The molecule has 0 radical (unpaired) electrons. The molecule has 1 unspecified atom stereocenters. The number of nitrogens with zero attached hydrogens (tertiary/aromatic N) is 1. The first-order valence-electron chi connectivity index (χ1n) is 7.96. The Kier molecular flexibility index (Phi) is 5.03.